The molecule has 0 saturated carbocycles. The molecule has 0 aliphatic carbocycles. The van der Waals surface area contributed by atoms with Crippen molar-refractivity contribution in [3.8, 4) is 0 Å². The highest BCUT2D eigenvalue weighted by Crippen LogP contribution is 2.17. The number of anilines is 1. The molecule has 1 heterocycles. The summed E-state index contributed by atoms with van der Waals surface area (Å²) in [5.74, 6) is 0.195. The van der Waals surface area contributed by atoms with E-state index in [0.29, 0.717) is 25.8 Å². The molecular formula is C17H26ClN3O2. The summed E-state index contributed by atoms with van der Waals surface area (Å²) < 4.78 is 0. The first-order valence-electron chi connectivity index (χ1n) is 7.97. The predicted molar refractivity (Wildman–Crippen MR) is 94.5 cm³/mol. The number of halogens is 1. The molecule has 1 fully saturated rings. The highest BCUT2D eigenvalue weighted by Gasteiger charge is 2.18. The largest absolute Gasteiger partial charge is 0.338 e. The van der Waals surface area contributed by atoms with Crippen LogP contribution in [0.5, 0.6) is 0 Å². The van der Waals surface area contributed by atoms with Gasteiger partial charge >= 0.3 is 0 Å². The summed E-state index contributed by atoms with van der Waals surface area (Å²) in [4.78, 5) is 25.6. The van der Waals surface area contributed by atoms with Gasteiger partial charge in [-0.05, 0) is 43.9 Å². The van der Waals surface area contributed by atoms with E-state index in [9.17, 15) is 9.59 Å². The number of nitrogens with two attached hydrogens (primary N) is 1. The zero-order valence-corrected chi connectivity index (χ0v) is 14.4. The Bertz CT molecular complexity index is 534. The van der Waals surface area contributed by atoms with Gasteiger partial charge in [-0.3, -0.25) is 9.59 Å². The molecule has 0 spiro atoms. The fourth-order valence-electron chi connectivity index (χ4n) is 2.58. The second-order valence-electron chi connectivity index (χ2n) is 6.04. The van der Waals surface area contributed by atoms with E-state index < -0.39 is 0 Å². The number of carbonyl (C=O) groups is 2. The zero-order chi connectivity index (χ0) is 15.9. The molecule has 23 heavy (non-hydrogen) atoms. The molecule has 0 aromatic heterocycles. The van der Waals surface area contributed by atoms with Crippen molar-refractivity contribution < 1.29 is 9.59 Å². The van der Waals surface area contributed by atoms with E-state index in [4.69, 9.17) is 5.73 Å². The molecular weight excluding hydrogens is 314 g/mol. The van der Waals surface area contributed by atoms with Crippen molar-refractivity contribution in [1.82, 2.24) is 4.90 Å². The minimum Gasteiger partial charge on any atom is -0.338 e. The molecule has 6 heteroatoms. The molecule has 128 valence electrons. The Hall–Kier alpha value is -1.59. The summed E-state index contributed by atoms with van der Waals surface area (Å²) in [5.41, 5.74) is 7.47. The molecule has 1 aliphatic rings. The maximum atomic E-state index is 11.9. The van der Waals surface area contributed by atoms with Gasteiger partial charge in [0.15, 0.2) is 0 Å². The van der Waals surface area contributed by atoms with Crippen LogP contribution in [-0.4, -0.2) is 29.3 Å². The van der Waals surface area contributed by atoms with Gasteiger partial charge in [-0.2, -0.15) is 0 Å². The number of hydrogen-bond acceptors (Lipinski definition) is 3. The lowest BCUT2D eigenvalue weighted by atomic mass is 10.1. The fraction of sp³-hybridized carbons (Fsp3) is 0.529. The number of piperidine rings is 1. The van der Waals surface area contributed by atoms with Gasteiger partial charge in [0.25, 0.3) is 0 Å². The first kappa shape index (κ1) is 19.5. The van der Waals surface area contributed by atoms with E-state index in [1.165, 1.54) is 0 Å². The molecule has 1 aliphatic heterocycles. The van der Waals surface area contributed by atoms with Crippen LogP contribution >= 0.6 is 12.4 Å². The normalized spacial score (nSPS) is 15.7. The maximum Gasteiger partial charge on any atom is 0.224 e. The molecule has 0 bridgehead atoms. The molecule has 1 saturated heterocycles. The van der Waals surface area contributed by atoms with E-state index in [2.05, 4.69) is 5.32 Å². The van der Waals surface area contributed by atoms with Crippen molar-refractivity contribution in [3.05, 3.63) is 29.8 Å². The van der Waals surface area contributed by atoms with Crippen LogP contribution in [0.15, 0.2) is 24.3 Å². The van der Waals surface area contributed by atoms with Gasteiger partial charge in [0.2, 0.25) is 11.8 Å². The van der Waals surface area contributed by atoms with Gasteiger partial charge in [0.1, 0.15) is 0 Å². The monoisotopic (exact) mass is 339 g/mol. The van der Waals surface area contributed by atoms with E-state index in [-0.39, 0.29) is 30.3 Å². The number of amides is 2. The Balaban J connectivity index is 0.00000264. The van der Waals surface area contributed by atoms with Crippen molar-refractivity contribution in [2.75, 3.05) is 11.9 Å². The third-order valence-electron chi connectivity index (χ3n) is 3.83. The van der Waals surface area contributed by atoms with Gasteiger partial charge < -0.3 is 16.0 Å². The summed E-state index contributed by atoms with van der Waals surface area (Å²) in [6.07, 6.45) is 3.80. The highest BCUT2D eigenvalue weighted by atomic mass is 35.5. The van der Waals surface area contributed by atoms with E-state index >= 15 is 0 Å². The molecule has 1 aromatic rings. The van der Waals surface area contributed by atoms with Crippen LogP contribution in [0.1, 0.15) is 44.6 Å². The predicted octanol–water partition coefficient (Wildman–Crippen LogP) is 2.69. The number of rotatable bonds is 6. The molecule has 3 N–H and O–H groups in total. The summed E-state index contributed by atoms with van der Waals surface area (Å²) in [7, 11) is 0. The SMILES string of the molecule is CC(N)CCC(=O)Nc1cccc(CN2CCCCC2=O)c1.Cl. The topological polar surface area (TPSA) is 75.4 Å². The Morgan fingerprint density at radius 3 is 2.87 bits per heavy atom. The van der Waals surface area contributed by atoms with Crippen LogP contribution in [0.25, 0.3) is 0 Å². The van der Waals surface area contributed by atoms with Gasteiger partial charge in [0.05, 0.1) is 0 Å². The average molecular weight is 340 g/mol. The van der Waals surface area contributed by atoms with Gasteiger partial charge in [-0.1, -0.05) is 12.1 Å². The molecule has 0 radical (unpaired) electrons. The van der Waals surface area contributed by atoms with Gasteiger partial charge in [-0.25, -0.2) is 0 Å². The number of likely N-dealkylation sites (tertiary alicyclic amines) is 1. The van der Waals surface area contributed by atoms with Crippen molar-refractivity contribution in [2.24, 2.45) is 5.73 Å². The maximum absolute atomic E-state index is 11.9. The molecule has 2 rings (SSSR count). The average Bonchev–Trinajstić information content (AvgIpc) is 2.48. The number of carbonyl (C=O) groups excluding carboxylic acids is 2. The third-order valence-corrected chi connectivity index (χ3v) is 3.83. The highest BCUT2D eigenvalue weighted by molar-refractivity contribution is 5.90. The van der Waals surface area contributed by atoms with Crippen molar-refractivity contribution in [2.45, 2.75) is 51.6 Å². The second kappa shape index (κ2) is 9.53. The number of nitrogens with one attached hydrogen (secondary N) is 1. The minimum atomic E-state index is -0.0245. The van der Waals surface area contributed by atoms with Crippen LogP contribution in [0, 0.1) is 0 Å². The van der Waals surface area contributed by atoms with Crippen LogP contribution in [0.4, 0.5) is 5.69 Å². The Kier molecular flexibility index (Phi) is 8.06. The molecule has 5 nitrogen and oxygen atoms in total. The van der Waals surface area contributed by atoms with Crippen LogP contribution in [-0.2, 0) is 16.1 Å². The second-order valence-corrected chi connectivity index (χ2v) is 6.04. The van der Waals surface area contributed by atoms with Crippen molar-refractivity contribution in [3.63, 3.8) is 0 Å². The lowest BCUT2D eigenvalue weighted by Crippen LogP contribution is -2.34. The lowest BCUT2D eigenvalue weighted by molar-refractivity contribution is -0.133. The van der Waals surface area contributed by atoms with Crippen LogP contribution < -0.4 is 11.1 Å². The Labute approximate surface area is 144 Å². The van der Waals surface area contributed by atoms with Crippen molar-refractivity contribution in [1.29, 1.82) is 0 Å². The standard InChI is InChI=1S/C17H25N3O2.ClH/c1-13(18)8-9-16(21)19-15-6-4-5-14(11-15)12-20-10-3-2-7-17(20)22;/h4-6,11,13H,2-3,7-10,12,18H2,1H3,(H,19,21);1H. The summed E-state index contributed by atoms with van der Waals surface area (Å²) in [6, 6.07) is 7.73. The summed E-state index contributed by atoms with van der Waals surface area (Å²) in [6.45, 7) is 3.33. The summed E-state index contributed by atoms with van der Waals surface area (Å²) in [5, 5.41) is 2.89. The number of benzene rings is 1. The molecule has 1 aromatic carbocycles. The quantitative estimate of drug-likeness (QED) is 0.836. The lowest BCUT2D eigenvalue weighted by Gasteiger charge is -2.26. The van der Waals surface area contributed by atoms with E-state index in [0.717, 1.165) is 30.6 Å². The molecule has 2 amide bonds. The van der Waals surface area contributed by atoms with Crippen LogP contribution in [0.3, 0.4) is 0 Å². The van der Waals surface area contributed by atoms with Gasteiger partial charge in [0, 0.05) is 37.7 Å². The van der Waals surface area contributed by atoms with Crippen molar-refractivity contribution >= 4 is 29.9 Å². The first-order valence-corrected chi connectivity index (χ1v) is 7.97. The van der Waals surface area contributed by atoms with Gasteiger partial charge in [-0.15, -0.1) is 12.4 Å². The minimum absolute atomic E-state index is 0. The molecule has 1 unspecified atom stereocenters. The summed E-state index contributed by atoms with van der Waals surface area (Å²) >= 11 is 0. The fourth-order valence-corrected chi connectivity index (χ4v) is 2.58. The Morgan fingerprint density at radius 1 is 1.39 bits per heavy atom. The molecule has 1 atom stereocenters. The Morgan fingerprint density at radius 2 is 2.17 bits per heavy atom. The van der Waals surface area contributed by atoms with E-state index in [1.807, 2.05) is 36.1 Å². The third kappa shape index (κ3) is 6.59. The van der Waals surface area contributed by atoms with Crippen LogP contribution in [0.2, 0.25) is 0 Å². The zero-order valence-electron chi connectivity index (χ0n) is 13.6. The first-order chi connectivity index (χ1) is 10.5. The van der Waals surface area contributed by atoms with E-state index in [1.54, 1.807) is 0 Å². The number of hydrogen-bond donors (Lipinski definition) is 2. The number of nitrogens with zero attached hydrogens (tertiary/aromatic N) is 1. The smallest absolute Gasteiger partial charge is 0.224 e.